The molecular formula is C33H44N6O2. The number of nitrogens with zero attached hydrogens (tertiary/aromatic N) is 6. The molecule has 5 atom stereocenters. The summed E-state index contributed by atoms with van der Waals surface area (Å²) in [5.41, 5.74) is 6.93. The van der Waals surface area contributed by atoms with Crippen molar-refractivity contribution in [2.24, 2.45) is 5.92 Å². The second-order valence-electron chi connectivity index (χ2n) is 12.5. The lowest BCUT2D eigenvalue weighted by atomic mass is 9.73. The summed E-state index contributed by atoms with van der Waals surface area (Å²) in [6.45, 7) is 9.81. The first kappa shape index (κ1) is 28.1. The van der Waals surface area contributed by atoms with Gasteiger partial charge >= 0.3 is 6.01 Å². The number of anilines is 1. The van der Waals surface area contributed by atoms with Gasteiger partial charge in [0.2, 0.25) is 0 Å². The van der Waals surface area contributed by atoms with Crippen LogP contribution in [-0.4, -0.2) is 83.0 Å². The minimum Gasteiger partial charge on any atom is -0.462 e. The number of likely N-dealkylation sites (tertiary alicyclic amines) is 1. The first-order chi connectivity index (χ1) is 20.0. The summed E-state index contributed by atoms with van der Waals surface area (Å²) < 4.78 is 6.34. The number of hydrogen-bond donors (Lipinski definition) is 1. The first-order valence-electron chi connectivity index (χ1n) is 15.5. The molecule has 0 amide bonds. The van der Waals surface area contributed by atoms with Crippen LogP contribution in [0, 0.1) is 17.2 Å². The fraction of sp³-hybridized carbons (Fsp3) is 0.606. The number of ether oxygens (including phenoxy) is 1. The Kier molecular flexibility index (Phi) is 8.30. The molecule has 1 aromatic carbocycles. The minimum atomic E-state index is -0.759. The summed E-state index contributed by atoms with van der Waals surface area (Å²) >= 11 is 0. The van der Waals surface area contributed by atoms with E-state index in [1.54, 1.807) is 11.6 Å². The van der Waals surface area contributed by atoms with E-state index in [0.717, 1.165) is 37.3 Å². The van der Waals surface area contributed by atoms with Crippen LogP contribution in [0.25, 0.3) is 0 Å². The first-order valence-corrected chi connectivity index (χ1v) is 15.5. The third kappa shape index (κ3) is 5.60. The van der Waals surface area contributed by atoms with Crippen LogP contribution in [0.3, 0.4) is 0 Å². The molecule has 0 bridgehead atoms. The Bertz CT molecular complexity index is 1310. The lowest BCUT2D eigenvalue weighted by Crippen LogP contribution is -2.56. The van der Waals surface area contributed by atoms with Gasteiger partial charge in [-0.2, -0.15) is 15.2 Å². The van der Waals surface area contributed by atoms with Crippen LogP contribution in [0.2, 0.25) is 0 Å². The molecule has 2 aliphatic carbocycles. The molecule has 0 spiro atoms. The maximum Gasteiger partial charge on any atom is 0.318 e. The largest absolute Gasteiger partial charge is 0.462 e. The van der Waals surface area contributed by atoms with E-state index in [1.165, 1.54) is 42.4 Å². The van der Waals surface area contributed by atoms with Crippen LogP contribution in [0.5, 0.6) is 6.01 Å². The van der Waals surface area contributed by atoms with Crippen molar-refractivity contribution in [2.45, 2.75) is 82.5 Å². The highest BCUT2D eigenvalue weighted by Gasteiger charge is 2.37. The number of piperazine rings is 1. The highest BCUT2D eigenvalue weighted by Crippen LogP contribution is 2.43. The summed E-state index contributed by atoms with van der Waals surface area (Å²) in [6.07, 6.45) is 8.88. The van der Waals surface area contributed by atoms with Gasteiger partial charge in [0, 0.05) is 37.3 Å². The van der Waals surface area contributed by atoms with Gasteiger partial charge in [0.05, 0.1) is 18.2 Å². The predicted molar refractivity (Wildman–Crippen MR) is 160 cm³/mol. The molecule has 1 N–H and O–H groups in total. The number of aryl methyl sites for hydroxylation is 1. The average molecular weight is 557 g/mol. The van der Waals surface area contributed by atoms with Gasteiger partial charge in [0.1, 0.15) is 18.7 Å². The molecule has 0 radical (unpaired) electrons. The Labute approximate surface area is 244 Å². The lowest BCUT2D eigenvalue weighted by Gasteiger charge is -2.43. The van der Waals surface area contributed by atoms with Gasteiger partial charge in [-0.25, -0.2) is 0 Å². The molecule has 1 unspecified atom stereocenters. The number of nitriles is 1. The van der Waals surface area contributed by atoms with Crippen LogP contribution in [0.1, 0.15) is 66.5 Å². The van der Waals surface area contributed by atoms with E-state index >= 15 is 0 Å². The summed E-state index contributed by atoms with van der Waals surface area (Å²) in [4.78, 5) is 16.8. The quantitative estimate of drug-likeness (QED) is 0.491. The molecule has 2 aliphatic heterocycles. The smallest absolute Gasteiger partial charge is 0.318 e. The third-order valence-electron chi connectivity index (χ3n) is 10.0. The van der Waals surface area contributed by atoms with Gasteiger partial charge in [-0.05, 0) is 93.1 Å². The van der Waals surface area contributed by atoms with E-state index in [9.17, 15) is 10.4 Å². The van der Waals surface area contributed by atoms with E-state index in [4.69, 9.17) is 14.7 Å². The zero-order valence-corrected chi connectivity index (χ0v) is 24.6. The topological polar surface area (TPSA) is 88.8 Å². The molecule has 0 saturated carbocycles. The molecule has 41 heavy (non-hydrogen) atoms. The van der Waals surface area contributed by atoms with Gasteiger partial charge in [0.15, 0.2) is 0 Å². The molecule has 6 rings (SSSR count). The summed E-state index contributed by atoms with van der Waals surface area (Å²) in [6, 6.07) is 9.97. The molecule has 2 aromatic rings. The highest BCUT2D eigenvalue weighted by atomic mass is 16.5. The Balaban J connectivity index is 1.33. The van der Waals surface area contributed by atoms with E-state index in [0.29, 0.717) is 56.6 Å². The molecule has 3 heterocycles. The van der Waals surface area contributed by atoms with Crippen molar-refractivity contribution in [3.63, 3.8) is 0 Å². The number of hydrogen-bond acceptors (Lipinski definition) is 8. The lowest BCUT2D eigenvalue weighted by molar-refractivity contribution is 0.00430. The maximum absolute atomic E-state index is 10.5. The summed E-state index contributed by atoms with van der Waals surface area (Å²) in [7, 11) is 2.16. The van der Waals surface area contributed by atoms with Crippen LogP contribution >= 0.6 is 0 Å². The fourth-order valence-electron chi connectivity index (χ4n) is 7.68. The van der Waals surface area contributed by atoms with E-state index in [2.05, 4.69) is 54.6 Å². The molecule has 8 nitrogen and oxygen atoms in total. The van der Waals surface area contributed by atoms with E-state index in [-0.39, 0.29) is 6.04 Å². The predicted octanol–water partition coefficient (Wildman–Crippen LogP) is 3.87. The van der Waals surface area contributed by atoms with Crippen LogP contribution in [0.4, 0.5) is 5.82 Å². The number of aromatic nitrogens is 2. The Morgan fingerprint density at radius 3 is 2.80 bits per heavy atom. The second-order valence-corrected chi connectivity index (χ2v) is 12.5. The zero-order valence-electron chi connectivity index (χ0n) is 24.6. The van der Waals surface area contributed by atoms with Crippen molar-refractivity contribution in [2.75, 3.05) is 44.7 Å². The molecular weight excluding hydrogens is 512 g/mol. The fourth-order valence-corrected chi connectivity index (χ4v) is 7.68. The van der Waals surface area contributed by atoms with Gasteiger partial charge in [0.25, 0.3) is 0 Å². The maximum atomic E-state index is 10.5. The standard InChI is InChI=1S/C33H44N6O2/c1-4-31(40)39-17-16-38(20-24(39)13-14-34)32-29-18-22(2)28(27-12-6-9-23-8-5-11-26(23)27)19-30(29)35-33(36-32)41-21-25-10-7-15-37(25)3/h4,6,9,12,22,24-25,28,31,40H,1,5,7-8,10-11,13,15-21H2,2-3H3/t22-,24+,25+,28-,31?/m1/s1. The van der Waals surface area contributed by atoms with Gasteiger partial charge in [-0.1, -0.05) is 31.7 Å². The normalized spacial score (nSPS) is 27.2. The molecule has 1 aromatic heterocycles. The molecule has 2 fully saturated rings. The number of rotatable bonds is 8. The van der Waals surface area contributed by atoms with Crippen molar-refractivity contribution in [3.05, 3.63) is 58.8 Å². The molecule has 2 saturated heterocycles. The number of aliphatic hydroxyl groups excluding tert-OH is 1. The minimum absolute atomic E-state index is 0.107. The Morgan fingerprint density at radius 1 is 1.15 bits per heavy atom. The number of likely N-dealkylation sites (N-methyl/N-ethyl adjacent to an activating group) is 1. The third-order valence-corrected chi connectivity index (χ3v) is 10.0. The SMILES string of the molecule is C=CC(O)N1CCN(c2nc(OC[C@@H]3CCCN3C)nc3c2C[C@@H](C)[C@H](c2cccc4c2CCC4)C3)C[C@@H]1CC#N. The van der Waals surface area contributed by atoms with E-state index in [1.807, 2.05) is 4.90 Å². The van der Waals surface area contributed by atoms with Crippen molar-refractivity contribution < 1.29 is 9.84 Å². The number of aliphatic hydroxyl groups is 1. The summed E-state index contributed by atoms with van der Waals surface area (Å²) in [5, 5.41) is 20.1. The number of benzene rings is 1. The molecule has 4 aliphatic rings. The van der Waals surface area contributed by atoms with Crippen LogP contribution < -0.4 is 9.64 Å². The van der Waals surface area contributed by atoms with Crippen molar-refractivity contribution >= 4 is 5.82 Å². The zero-order chi connectivity index (χ0) is 28.5. The van der Waals surface area contributed by atoms with Crippen molar-refractivity contribution in [1.29, 1.82) is 5.26 Å². The Morgan fingerprint density at radius 2 is 2.02 bits per heavy atom. The van der Waals surface area contributed by atoms with E-state index < -0.39 is 6.23 Å². The van der Waals surface area contributed by atoms with Crippen LogP contribution in [-0.2, 0) is 25.7 Å². The Hall–Kier alpha value is -2.99. The molecule has 218 valence electrons. The second kappa shape index (κ2) is 12.1. The average Bonchev–Trinajstić information content (AvgIpc) is 3.64. The number of fused-ring (bicyclic) bond motifs is 2. The molecule has 8 heteroatoms. The summed E-state index contributed by atoms with van der Waals surface area (Å²) in [5.74, 6) is 1.84. The van der Waals surface area contributed by atoms with Gasteiger partial charge in [-0.3, -0.25) is 4.90 Å². The van der Waals surface area contributed by atoms with Gasteiger partial charge < -0.3 is 19.6 Å². The van der Waals surface area contributed by atoms with Crippen molar-refractivity contribution in [1.82, 2.24) is 19.8 Å². The highest BCUT2D eigenvalue weighted by molar-refractivity contribution is 5.53. The monoisotopic (exact) mass is 556 g/mol. The van der Waals surface area contributed by atoms with Gasteiger partial charge in [-0.15, -0.1) is 0 Å². The van der Waals surface area contributed by atoms with Crippen LogP contribution in [0.15, 0.2) is 30.9 Å². The van der Waals surface area contributed by atoms with Crippen molar-refractivity contribution in [3.8, 4) is 12.1 Å².